The first-order valence-corrected chi connectivity index (χ1v) is 6.37. The van der Waals surface area contributed by atoms with Gasteiger partial charge in [0.1, 0.15) is 0 Å². The van der Waals surface area contributed by atoms with Gasteiger partial charge in [-0.05, 0) is 24.7 Å². The monoisotopic (exact) mass is 216 g/mol. The Kier molecular flexibility index (Phi) is 8.07. The second-order valence-corrected chi connectivity index (χ2v) is 5.06. The Morgan fingerprint density at radius 1 is 1.07 bits per heavy atom. The van der Waals surface area contributed by atoms with Crippen molar-refractivity contribution < 1.29 is 10.2 Å². The average molecular weight is 216 g/mol. The van der Waals surface area contributed by atoms with Crippen LogP contribution in [0.3, 0.4) is 0 Å². The molecule has 0 rings (SSSR count). The zero-order valence-corrected chi connectivity index (χ0v) is 10.6. The highest BCUT2D eigenvalue weighted by molar-refractivity contribution is 4.77. The molecule has 1 unspecified atom stereocenters. The van der Waals surface area contributed by atoms with Crippen molar-refractivity contribution in [1.82, 2.24) is 0 Å². The van der Waals surface area contributed by atoms with Crippen molar-refractivity contribution in [2.45, 2.75) is 71.8 Å². The first-order chi connectivity index (χ1) is 7.08. The number of hydrogen-bond donors (Lipinski definition) is 2. The van der Waals surface area contributed by atoms with Crippen LogP contribution in [0.2, 0.25) is 0 Å². The van der Waals surface area contributed by atoms with E-state index in [2.05, 4.69) is 20.8 Å². The van der Waals surface area contributed by atoms with E-state index >= 15 is 0 Å². The molecular formula is C13H28O2. The van der Waals surface area contributed by atoms with Crippen LogP contribution in [0.25, 0.3) is 0 Å². The lowest BCUT2D eigenvalue weighted by atomic mass is 9.76. The van der Waals surface area contributed by atoms with Gasteiger partial charge in [-0.3, -0.25) is 0 Å². The third-order valence-electron chi connectivity index (χ3n) is 3.21. The SMILES string of the molecule is CCCCC(C)(CCCC)CC(O)CO. The number of unbranched alkanes of at least 4 members (excludes halogenated alkanes) is 2. The maximum Gasteiger partial charge on any atom is 0.0776 e. The molecule has 0 bridgehead atoms. The van der Waals surface area contributed by atoms with Gasteiger partial charge in [0.25, 0.3) is 0 Å². The van der Waals surface area contributed by atoms with E-state index in [0.29, 0.717) is 0 Å². The molecule has 2 N–H and O–H groups in total. The van der Waals surface area contributed by atoms with Gasteiger partial charge in [-0.1, -0.05) is 46.5 Å². The summed E-state index contributed by atoms with van der Waals surface area (Å²) >= 11 is 0. The summed E-state index contributed by atoms with van der Waals surface area (Å²) in [4.78, 5) is 0. The summed E-state index contributed by atoms with van der Waals surface area (Å²) in [7, 11) is 0. The molecule has 0 fully saturated rings. The molecule has 0 aromatic carbocycles. The van der Waals surface area contributed by atoms with Crippen molar-refractivity contribution in [1.29, 1.82) is 0 Å². The molecule has 0 aromatic heterocycles. The summed E-state index contributed by atoms with van der Waals surface area (Å²) in [5.41, 5.74) is 0.216. The molecule has 2 heteroatoms. The number of aliphatic hydroxyl groups excluding tert-OH is 2. The fourth-order valence-corrected chi connectivity index (χ4v) is 2.17. The molecule has 0 amide bonds. The smallest absolute Gasteiger partial charge is 0.0776 e. The molecule has 15 heavy (non-hydrogen) atoms. The van der Waals surface area contributed by atoms with Gasteiger partial charge >= 0.3 is 0 Å². The normalized spacial score (nSPS) is 14.2. The quantitative estimate of drug-likeness (QED) is 0.621. The summed E-state index contributed by atoms with van der Waals surface area (Å²) in [5.74, 6) is 0. The van der Waals surface area contributed by atoms with Crippen molar-refractivity contribution in [3.63, 3.8) is 0 Å². The Hall–Kier alpha value is -0.0800. The summed E-state index contributed by atoms with van der Waals surface area (Å²) < 4.78 is 0. The highest BCUT2D eigenvalue weighted by atomic mass is 16.3. The zero-order valence-electron chi connectivity index (χ0n) is 10.6. The van der Waals surface area contributed by atoms with Crippen LogP contribution in [0.5, 0.6) is 0 Å². The highest BCUT2D eigenvalue weighted by Crippen LogP contribution is 2.35. The Labute approximate surface area is 94.7 Å². The second kappa shape index (κ2) is 8.12. The largest absolute Gasteiger partial charge is 0.394 e. The van der Waals surface area contributed by atoms with Gasteiger partial charge in [-0.2, -0.15) is 0 Å². The van der Waals surface area contributed by atoms with E-state index in [0.717, 1.165) is 6.42 Å². The Balaban J connectivity index is 4.12. The molecule has 0 radical (unpaired) electrons. The van der Waals surface area contributed by atoms with Crippen LogP contribution in [0, 0.1) is 5.41 Å². The highest BCUT2D eigenvalue weighted by Gasteiger charge is 2.25. The van der Waals surface area contributed by atoms with Crippen LogP contribution in [0.1, 0.15) is 65.7 Å². The molecule has 0 aromatic rings. The number of rotatable bonds is 9. The van der Waals surface area contributed by atoms with Crippen LogP contribution >= 0.6 is 0 Å². The van der Waals surface area contributed by atoms with E-state index in [1.54, 1.807) is 0 Å². The first kappa shape index (κ1) is 14.9. The minimum absolute atomic E-state index is 0.103. The third kappa shape index (κ3) is 6.91. The molecule has 0 aliphatic rings. The van der Waals surface area contributed by atoms with Crippen LogP contribution in [-0.2, 0) is 0 Å². The van der Waals surface area contributed by atoms with Crippen molar-refractivity contribution in [2.75, 3.05) is 6.61 Å². The maximum atomic E-state index is 9.54. The van der Waals surface area contributed by atoms with Crippen molar-refractivity contribution in [3.05, 3.63) is 0 Å². The summed E-state index contributed by atoms with van der Waals surface area (Å²) in [6.07, 6.45) is 7.39. The van der Waals surface area contributed by atoms with E-state index in [4.69, 9.17) is 5.11 Å². The minimum Gasteiger partial charge on any atom is -0.394 e. The molecule has 0 saturated carbocycles. The van der Waals surface area contributed by atoms with Crippen LogP contribution < -0.4 is 0 Å². The maximum absolute atomic E-state index is 9.54. The van der Waals surface area contributed by atoms with Gasteiger partial charge in [0.15, 0.2) is 0 Å². The summed E-state index contributed by atoms with van der Waals surface area (Å²) in [6.45, 7) is 6.54. The number of aliphatic hydroxyl groups is 2. The Bertz CT molecular complexity index is 137. The van der Waals surface area contributed by atoms with Crippen molar-refractivity contribution in [2.24, 2.45) is 5.41 Å². The molecule has 0 heterocycles. The first-order valence-electron chi connectivity index (χ1n) is 6.37. The molecular weight excluding hydrogens is 188 g/mol. The van der Waals surface area contributed by atoms with E-state index in [9.17, 15) is 5.11 Å². The van der Waals surface area contributed by atoms with E-state index in [-0.39, 0.29) is 12.0 Å². The zero-order chi connectivity index (χ0) is 11.7. The number of hydrogen-bond acceptors (Lipinski definition) is 2. The lowest BCUT2D eigenvalue weighted by molar-refractivity contribution is 0.0443. The fourth-order valence-electron chi connectivity index (χ4n) is 2.17. The fraction of sp³-hybridized carbons (Fsp3) is 1.00. The van der Waals surface area contributed by atoms with Gasteiger partial charge in [-0.25, -0.2) is 0 Å². The van der Waals surface area contributed by atoms with E-state index in [1.165, 1.54) is 38.5 Å². The van der Waals surface area contributed by atoms with Gasteiger partial charge in [-0.15, -0.1) is 0 Å². The lowest BCUT2D eigenvalue weighted by Crippen LogP contribution is -2.26. The predicted molar refractivity (Wildman–Crippen MR) is 64.9 cm³/mol. The van der Waals surface area contributed by atoms with Gasteiger partial charge in [0.05, 0.1) is 12.7 Å². The van der Waals surface area contributed by atoms with E-state index in [1.807, 2.05) is 0 Å². The Morgan fingerprint density at radius 2 is 1.53 bits per heavy atom. The molecule has 0 aliphatic heterocycles. The lowest BCUT2D eigenvalue weighted by Gasteiger charge is -2.31. The third-order valence-corrected chi connectivity index (χ3v) is 3.21. The molecule has 0 saturated heterocycles. The van der Waals surface area contributed by atoms with E-state index < -0.39 is 6.10 Å². The predicted octanol–water partition coefficient (Wildman–Crippen LogP) is 3.12. The van der Waals surface area contributed by atoms with Gasteiger partial charge < -0.3 is 10.2 Å². The molecule has 92 valence electrons. The van der Waals surface area contributed by atoms with Crippen molar-refractivity contribution >= 4 is 0 Å². The van der Waals surface area contributed by atoms with Gasteiger partial charge in [0.2, 0.25) is 0 Å². The summed E-state index contributed by atoms with van der Waals surface area (Å²) in [5, 5.41) is 18.4. The molecule has 2 nitrogen and oxygen atoms in total. The van der Waals surface area contributed by atoms with Crippen LogP contribution in [0.4, 0.5) is 0 Å². The standard InChI is InChI=1S/C13H28O2/c1-4-6-8-13(3,9-7-5-2)10-12(15)11-14/h12,14-15H,4-11H2,1-3H3. The minimum atomic E-state index is -0.538. The molecule has 0 aliphatic carbocycles. The van der Waals surface area contributed by atoms with Crippen molar-refractivity contribution in [3.8, 4) is 0 Å². The molecule has 0 spiro atoms. The topological polar surface area (TPSA) is 40.5 Å². The average Bonchev–Trinajstić information content (AvgIpc) is 2.23. The van der Waals surface area contributed by atoms with Crippen LogP contribution in [0.15, 0.2) is 0 Å². The Morgan fingerprint density at radius 3 is 1.87 bits per heavy atom. The molecule has 1 atom stereocenters. The second-order valence-electron chi connectivity index (χ2n) is 5.06. The van der Waals surface area contributed by atoms with Crippen LogP contribution in [-0.4, -0.2) is 22.9 Å². The van der Waals surface area contributed by atoms with Gasteiger partial charge in [0, 0.05) is 0 Å². The summed E-state index contributed by atoms with van der Waals surface area (Å²) in [6, 6.07) is 0.